The highest BCUT2D eigenvalue weighted by Gasteiger charge is 2.03. The highest BCUT2D eigenvalue weighted by molar-refractivity contribution is 6.42. The van der Waals surface area contributed by atoms with Crippen LogP contribution in [-0.2, 0) is 0 Å². The zero-order valence-corrected chi connectivity index (χ0v) is 9.39. The number of nitrogens with one attached hydrogen (secondary N) is 2. The Hall–Kier alpha value is -1.52. The second-order valence-corrected chi connectivity index (χ2v) is 3.94. The number of aromatic amines is 2. The van der Waals surface area contributed by atoms with Crippen LogP contribution in [0, 0.1) is 0 Å². The number of benzene rings is 1. The van der Waals surface area contributed by atoms with E-state index in [-0.39, 0.29) is 0 Å². The van der Waals surface area contributed by atoms with Gasteiger partial charge in [-0.3, -0.25) is 9.78 Å². The first-order valence-corrected chi connectivity index (χ1v) is 5.11. The predicted molar refractivity (Wildman–Crippen MR) is 63.1 cm³/mol. The molecular weight excluding hydrogens is 251 g/mol. The van der Waals surface area contributed by atoms with E-state index in [0.717, 1.165) is 0 Å². The molecule has 1 aromatic carbocycles. The van der Waals surface area contributed by atoms with Crippen molar-refractivity contribution in [3.05, 3.63) is 55.1 Å². The van der Waals surface area contributed by atoms with Gasteiger partial charge in [0, 0.05) is 6.07 Å². The Morgan fingerprint density at radius 1 is 0.938 bits per heavy atom. The smallest absolute Gasteiger partial charge is 0.307 e. The first-order valence-electron chi connectivity index (χ1n) is 4.35. The van der Waals surface area contributed by atoms with Gasteiger partial charge in [0.1, 0.15) is 0 Å². The van der Waals surface area contributed by atoms with E-state index in [4.69, 9.17) is 23.2 Å². The van der Waals surface area contributed by atoms with Gasteiger partial charge in [0.05, 0.1) is 15.7 Å². The lowest BCUT2D eigenvalue weighted by Gasteiger charge is -2.02. The molecule has 0 atom stereocenters. The Labute approximate surface area is 99.9 Å². The third-order valence-electron chi connectivity index (χ3n) is 1.99. The van der Waals surface area contributed by atoms with E-state index >= 15 is 0 Å². The standard InChI is InChI=1S/C10H6Cl2N2O2/c11-6-2-1-5(3-7(6)12)8-4-9(15)14-10(16)13-8/h1-4H,(H2,13,14,15,16). The monoisotopic (exact) mass is 256 g/mol. The van der Waals surface area contributed by atoms with Crippen LogP contribution in [0.4, 0.5) is 0 Å². The van der Waals surface area contributed by atoms with Crippen molar-refractivity contribution in [3.63, 3.8) is 0 Å². The summed E-state index contributed by atoms with van der Waals surface area (Å²) >= 11 is 11.6. The predicted octanol–water partition coefficient (Wildman–Crippen LogP) is 2.04. The van der Waals surface area contributed by atoms with Gasteiger partial charge in [0.25, 0.3) is 5.56 Å². The molecule has 2 aromatic rings. The molecule has 0 aliphatic heterocycles. The summed E-state index contributed by atoms with van der Waals surface area (Å²) in [6, 6.07) is 6.12. The lowest BCUT2D eigenvalue weighted by Crippen LogP contribution is -2.21. The van der Waals surface area contributed by atoms with E-state index in [1.165, 1.54) is 6.07 Å². The summed E-state index contributed by atoms with van der Waals surface area (Å²) in [5.74, 6) is 0. The molecule has 0 aliphatic rings. The van der Waals surface area contributed by atoms with Crippen molar-refractivity contribution in [2.24, 2.45) is 0 Å². The fraction of sp³-hybridized carbons (Fsp3) is 0. The molecular formula is C10H6Cl2N2O2. The summed E-state index contributed by atoms with van der Waals surface area (Å²) < 4.78 is 0. The minimum Gasteiger partial charge on any atom is -0.307 e. The minimum absolute atomic E-state index is 0.361. The molecule has 1 heterocycles. The summed E-state index contributed by atoms with van der Waals surface area (Å²) in [5.41, 5.74) is -0.0108. The molecule has 2 rings (SSSR count). The maximum absolute atomic E-state index is 11.1. The third-order valence-corrected chi connectivity index (χ3v) is 2.73. The van der Waals surface area contributed by atoms with Crippen LogP contribution in [0.2, 0.25) is 10.0 Å². The van der Waals surface area contributed by atoms with Crippen molar-refractivity contribution in [2.45, 2.75) is 0 Å². The van der Waals surface area contributed by atoms with Crippen molar-refractivity contribution in [2.75, 3.05) is 0 Å². The summed E-state index contributed by atoms with van der Waals surface area (Å²) in [5, 5.41) is 0.776. The van der Waals surface area contributed by atoms with Gasteiger partial charge in [-0.25, -0.2) is 4.79 Å². The molecule has 1 aromatic heterocycles. The normalized spacial score (nSPS) is 10.4. The van der Waals surface area contributed by atoms with Crippen LogP contribution in [0.25, 0.3) is 11.3 Å². The molecule has 0 spiro atoms. The number of halogens is 2. The third kappa shape index (κ3) is 2.18. The van der Waals surface area contributed by atoms with Crippen LogP contribution < -0.4 is 11.2 Å². The lowest BCUT2D eigenvalue weighted by atomic mass is 10.1. The summed E-state index contributed by atoms with van der Waals surface area (Å²) in [6.07, 6.45) is 0. The Morgan fingerprint density at radius 2 is 1.69 bits per heavy atom. The number of hydrogen-bond donors (Lipinski definition) is 2. The molecule has 6 heteroatoms. The second kappa shape index (κ2) is 4.15. The molecule has 0 bridgehead atoms. The fourth-order valence-electron chi connectivity index (χ4n) is 1.29. The van der Waals surface area contributed by atoms with Gasteiger partial charge in [-0.05, 0) is 17.7 Å². The van der Waals surface area contributed by atoms with Gasteiger partial charge in [-0.2, -0.15) is 0 Å². The molecule has 4 nitrogen and oxygen atoms in total. The molecule has 0 aliphatic carbocycles. The molecule has 2 N–H and O–H groups in total. The first-order chi connectivity index (χ1) is 7.56. The molecule has 0 amide bonds. The zero-order chi connectivity index (χ0) is 11.7. The van der Waals surface area contributed by atoms with E-state index in [2.05, 4.69) is 9.97 Å². The largest absolute Gasteiger partial charge is 0.326 e. The van der Waals surface area contributed by atoms with Crippen LogP contribution >= 0.6 is 23.2 Å². The van der Waals surface area contributed by atoms with Crippen molar-refractivity contribution >= 4 is 23.2 Å². The highest BCUT2D eigenvalue weighted by atomic mass is 35.5. The first kappa shape index (κ1) is 11.0. The number of H-pyrrole nitrogens is 2. The molecule has 82 valence electrons. The summed E-state index contributed by atoms with van der Waals surface area (Å²) in [6.45, 7) is 0. The van der Waals surface area contributed by atoms with E-state index in [9.17, 15) is 9.59 Å². The maximum Gasteiger partial charge on any atom is 0.326 e. The minimum atomic E-state index is -0.562. The average Bonchev–Trinajstić information content (AvgIpc) is 2.20. The Kier molecular flexibility index (Phi) is 2.85. The highest BCUT2D eigenvalue weighted by Crippen LogP contribution is 2.26. The quantitative estimate of drug-likeness (QED) is 0.820. The number of aromatic nitrogens is 2. The average molecular weight is 257 g/mol. The van der Waals surface area contributed by atoms with Gasteiger partial charge in [0.2, 0.25) is 0 Å². The summed E-state index contributed by atoms with van der Waals surface area (Å²) in [7, 11) is 0. The Balaban J connectivity index is 2.63. The lowest BCUT2D eigenvalue weighted by molar-refractivity contribution is 1.04. The van der Waals surface area contributed by atoms with Gasteiger partial charge in [0.15, 0.2) is 0 Å². The Bertz CT molecular complexity index is 618. The van der Waals surface area contributed by atoms with Crippen molar-refractivity contribution < 1.29 is 0 Å². The SMILES string of the molecule is O=c1cc(-c2ccc(Cl)c(Cl)c2)[nH]c(=O)[nH]1. The van der Waals surface area contributed by atoms with Gasteiger partial charge in [-0.1, -0.05) is 29.3 Å². The molecule has 0 unspecified atom stereocenters. The zero-order valence-electron chi connectivity index (χ0n) is 7.88. The van der Waals surface area contributed by atoms with Gasteiger partial charge in [-0.15, -0.1) is 0 Å². The van der Waals surface area contributed by atoms with Crippen LogP contribution in [0.15, 0.2) is 33.9 Å². The number of rotatable bonds is 1. The number of hydrogen-bond acceptors (Lipinski definition) is 2. The molecule has 16 heavy (non-hydrogen) atoms. The van der Waals surface area contributed by atoms with Crippen LogP contribution in [-0.4, -0.2) is 9.97 Å². The molecule has 0 saturated carbocycles. The van der Waals surface area contributed by atoms with Gasteiger partial charge >= 0.3 is 5.69 Å². The van der Waals surface area contributed by atoms with Crippen LogP contribution in [0.5, 0.6) is 0 Å². The van der Waals surface area contributed by atoms with Gasteiger partial charge < -0.3 is 4.98 Å². The van der Waals surface area contributed by atoms with Crippen LogP contribution in [0.3, 0.4) is 0 Å². The molecule has 0 fully saturated rings. The maximum atomic E-state index is 11.1. The van der Waals surface area contributed by atoms with Crippen molar-refractivity contribution in [1.29, 1.82) is 0 Å². The van der Waals surface area contributed by atoms with E-state index in [1.807, 2.05) is 0 Å². The van der Waals surface area contributed by atoms with E-state index in [0.29, 0.717) is 21.3 Å². The summed E-state index contributed by atoms with van der Waals surface area (Å²) in [4.78, 5) is 26.7. The molecule has 0 saturated heterocycles. The van der Waals surface area contributed by atoms with E-state index < -0.39 is 11.2 Å². The van der Waals surface area contributed by atoms with Crippen molar-refractivity contribution in [3.8, 4) is 11.3 Å². The Morgan fingerprint density at radius 3 is 2.31 bits per heavy atom. The van der Waals surface area contributed by atoms with Crippen molar-refractivity contribution in [1.82, 2.24) is 9.97 Å². The molecule has 0 radical (unpaired) electrons. The van der Waals surface area contributed by atoms with E-state index in [1.54, 1.807) is 18.2 Å². The second-order valence-electron chi connectivity index (χ2n) is 3.13. The fourth-order valence-corrected chi connectivity index (χ4v) is 1.59. The topological polar surface area (TPSA) is 65.7 Å². The van der Waals surface area contributed by atoms with Crippen LogP contribution in [0.1, 0.15) is 0 Å².